The van der Waals surface area contributed by atoms with Crippen molar-refractivity contribution in [2.45, 2.75) is 101 Å². The molecule has 3 aliphatic rings. The van der Waals surface area contributed by atoms with Crippen molar-refractivity contribution in [3.63, 3.8) is 0 Å². The highest BCUT2D eigenvalue weighted by molar-refractivity contribution is 8.20. The van der Waals surface area contributed by atoms with Crippen molar-refractivity contribution < 1.29 is 14.6 Å². The van der Waals surface area contributed by atoms with E-state index in [9.17, 15) is 5.11 Å². The zero-order chi connectivity index (χ0) is 21.5. The Hall–Kier alpha value is 0.320. The number of hydrogen-bond donors (Lipinski definition) is 1. The molecule has 3 rings (SSSR count). The molecule has 0 aromatic heterocycles. The van der Waals surface area contributed by atoms with E-state index in [0.717, 1.165) is 49.9 Å². The third kappa shape index (κ3) is 7.16. The zero-order valence-corrected chi connectivity index (χ0v) is 21.1. The van der Waals surface area contributed by atoms with Gasteiger partial charge in [-0.05, 0) is 31.6 Å². The molecule has 0 bridgehead atoms. The average molecular weight is 457 g/mol. The summed E-state index contributed by atoms with van der Waals surface area (Å²) in [6, 6.07) is 0. The van der Waals surface area contributed by atoms with E-state index in [0.29, 0.717) is 11.8 Å². The number of rotatable bonds is 11. The van der Waals surface area contributed by atoms with Gasteiger partial charge in [0.05, 0.1) is 23.9 Å². The highest BCUT2D eigenvalue weighted by atomic mass is 32.2. The predicted octanol–water partition coefficient (Wildman–Crippen LogP) is 6.65. The molecule has 0 aromatic rings. The molecule has 1 saturated carbocycles. The van der Waals surface area contributed by atoms with E-state index in [1.54, 1.807) is 0 Å². The largest absolute Gasteiger partial charge is 0.389 e. The molecule has 1 N–H and O–H groups in total. The summed E-state index contributed by atoms with van der Waals surface area (Å²) in [6.45, 7) is 8.27. The Morgan fingerprint density at radius 3 is 2.43 bits per heavy atom. The number of ether oxygens (including phenoxy) is 2. The Balaban J connectivity index is 1.56. The normalized spacial score (nSPS) is 29.9. The van der Waals surface area contributed by atoms with Crippen LogP contribution in [-0.4, -0.2) is 46.3 Å². The lowest BCUT2D eigenvalue weighted by atomic mass is 9.86. The summed E-state index contributed by atoms with van der Waals surface area (Å²) in [5.74, 6) is 3.05. The lowest BCUT2D eigenvalue weighted by molar-refractivity contribution is -0.316. The van der Waals surface area contributed by atoms with Gasteiger partial charge in [-0.25, -0.2) is 0 Å². The van der Waals surface area contributed by atoms with Crippen LogP contribution >= 0.6 is 23.5 Å². The maximum atomic E-state index is 10.5. The first-order valence-electron chi connectivity index (χ1n) is 12.3. The number of allylic oxidation sites excluding steroid dienone is 1. The Kier molecular flexibility index (Phi) is 9.96. The molecule has 3 unspecified atom stereocenters. The summed E-state index contributed by atoms with van der Waals surface area (Å²) in [5, 5.41) is 10.5. The monoisotopic (exact) mass is 456 g/mol. The van der Waals surface area contributed by atoms with Gasteiger partial charge >= 0.3 is 0 Å². The average Bonchev–Trinajstić information content (AvgIpc) is 3.35. The van der Waals surface area contributed by atoms with Crippen LogP contribution in [0.5, 0.6) is 0 Å². The zero-order valence-electron chi connectivity index (χ0n) is 19.4. The van der Waals surface area contributed by atoms with Crippen LogP contribution < -0.4 is 0 Å². The molecule has 3 nitrogen and oxygen atoms in total. The summed E-state index contributed by atoms with van der Waals surface area (Å²) in [7, 11) is 0. The van der Waals surface area contributed by atoms with Crippen molar-refractivity contribution in [3.8, 4) is 0 Å². The van der Waals surface area contributed by atoms with Crippen molar-refractivity contribution in [3.05, 3.63) is 12.2 Å². The maximum Gasteiger partial charge on any atom is 0.171 e. The molecule has 0 amide bonds. The molecule has 1 aliphatic carbocycles. The van der Waals surface area contributed by atoms with Crippen LogP contribution in [-0.2, 0) is 9.47 Å². The van der Waals surface area contributed by atoms with Crippen LogP contribution in [0, 0.1) is 17.3 Å². The molecule has 3 atom stereocenters. The summed E-state index contributed by atoms with van der Waals surface area (Å²) in [4.78, 5) is 0. The second-order valence-electron chi connectivity index (χ2n) is 10.3. The third-order valence-corrected chi connectivity index (χ3v) is 10.1. The quantitative estimate of drug-likeness (QED) is 0.278. The maximum absolute atomic E-state index is 10.5. The molecular weight excluding hydrogens is 412 g/mol. The van der Waals surface area contributed by atoms with E-state index in [1.807, 2.05) is 0 Å². The molecule has 30 heavy (non-hydrogen) atoms. The second kappa shape index (κ2) is 12.0. The molecule has 1 spiro atoms. The van der Waals surface area contributed by atoms with Gasteiger partial charge in [0.1, 0.15) is 0 Å². The minimum atomic E-state index is -0.399. The Labute approximate surface area is 193 Å². The van der Waals surface area contributed by atoms with Crippen LogP contribution in [0.3, 0.4) is 0 Å². The van der Waals surface area contributed by atoms with Crippen molar-refractivity contribution in [1.82, 2.24) is 0 Å². The van der Waals surface area contributed by atoms with Crippen molar-refractivity contribution in [2.75, 3.05) is 24.7 Å². The van der Waals surface area contributed by atoms with E-state index >= 15 is 0 Å². The molecule has 2 heterocycles. The van der Waals surface area contributed by atoms with Gasteiger partial charge in [-0.15, -0.1) is 23.5 Å². The van der Waals surface area contributed by atoms with E-state index in [4.69, 9.17) is 9.47 Å². The second-order valence-corrected chi connectivity index (χ2v) is 13.2. The van der Waals surface area contributed by atoms with E-state index in [1.165, 1.54) is 43.6 Å². The first-order valence-corrected chi connectivity index (χ1v) is 14.4. The van der Waals surface area contributed by atoms with Gasteiger partial charge in [0.15, 0.2) is 5.79 Å². The Morgan fingerprint density at radius 1 is 1.03 bits per heavy atom. The summed E-state index contributed by atoms with van der Waals surface area (Å²) >= 11 is 4.24. The first-order chi connectivity index (χ1) is 14.4. The summed E-state index contributed by atoms with van der Waals surface area (Å²) in [6.07, 6.45) is 15.7. The highest BCUT2D eigenvalue weighted by Gasteiger charge is 2.52. The molecule has 5 heteroatoms. The van der Waals surface area contributed by atoms with Crippen molar-refractivity contribution >= 4 is 23.5 Å². The lowest BCUT2D eigenvalue weighted by Gasteiger charge is -2.45. The molecular formula is C25H44O3S2. The minimum absolute atomic E-state index is 0.106. The van der Waals surface area contributed by atoms with Gasteiger partial charge in [-0.2, -0.15) is 0 Å². The summed E-state index contributed by atoms with van der Waals surface area (Å²) in [5.41, 5.74) is 0.106. The van der Waals surface area contributed by atoms with Gasteiger partial charge < -0.3 is 14.6 Å². The molecule has 3 fully saturated rings. The van der Waals surface area contributed by atoms with Gasteiger partial charge in [0.2, 0.25) is 0 Å². The van der Waals surface area contributed by atoms with Crippen LogP contribution in [0.1, 0.15) is 85.0 Å². The molecule has 2 saturated heterocycles. The van der Waals surface area contributed by atoms with Gasteiger partial charge in [-0.3, -0.25) is 0 Å². The fourth-order valence-corrected chi connectivity index (χ4v) is 7.90. The van der Waals surface area contributed by atoms with E-state index in [-0.39, 0.29) is 11.5 Å². The van der Waals surface area contributed by atoms with Crippen LogP contribution in [0.2, 0.25) is 0 Å². The van der Waals surface area contributed by atoms with E-state index in [2.05, 4.69) is 56.4 Å². The highest BCUT2D eigenvalue weighted by Crippen LogP contribution is 2.51. The van der Waals surface area contributed by atoms with Gasteiger partial charge in [0, 0.05) is 29.3 Å². The van der Waals surface area contributed by atoms with Crippen LogP contribution in [0.4, 0.5) is 0 Å². The smallest absolute Gasteiger partial charge is 0.171 e. The fraction of sp³-hybridized carbons (Fsp3) is 0.920. The van der Waals surface area contributed by atoms with E-state index < -0.39 is 5.79 Å². The number of aliphatic hydroxyl groups excluding tert-OH is 1. The summed E-state index contributed by atoms with van der Waals surface area (Å²) < 4.78 is 13.7. The number of aliphatic hydroxyl groups is 1. The standard InChI is InChI=1S/C25H44O3S2/c1-4-5-6-7-8-9-21(26)11-10-20-14-15-25(27-18-24(2,3)19-28-25)22(20)12-13-23-29-16-17-30-23/h10-11,20-23,26H,4-9,12-19H2,1-3H3. The van der Waals surface area contributed by atoms with Crippen LogP contribution in [0.25, 0.3) is 0 Å². The number of unbranched alkanes of at least 4 members (excludes halogenated alkanes) is 4. The topological polar surface area (TPSA) is 38.7 Å². The predicted molar refractivity (Wildman–Crippen MR) is 131 cm³/mol. The molecule has 174 valence electrons. The van der Waals surface area contributed by atoms with Crippen LogP contribution in [0.15, 0.2) is 12.2 Å². The Bertz CT molecular complexity index is 520. The Morgan fingerprint density at radius 2 is 1.73 bits per heavy atom. The van der Waals surface area contributed by atoms with Crippen molar-refractivity contribution in [2.24, 2.45) is 17.3 Å². The number of hydrogen-bond acceptors (Lipinski definition) is 5. The lowest BCUT2D eigenvalue weighted by Crippen LogP contribution is -2.50. The minimum Gasteiger partial charge on any atom is -0.389 e. The van der Waals surface area contributed by atoms with Gasteiger partial charge in [0.25, 0.3) is 0 Å². The van der Waals surface area contributed by atoms with Gasteiger partial charge in [-0.1, -0.05) is 65.0 Å². The molecule has 0 radical (unpaired) electrons. The first kappa shape index (κ1) is 25.0. The molecule has 2 aliphatic heterocycles. The van der Waals surface area contributed by atoms with Crippen molar-refractivity contribution in [1.29, 1.82) is 0 Å². The SMILES string of the molecule is CCCCCCCC(O)C=CC1CCC2(OCC(C)(C)CO2)C1CCC1SCCS1. The fourth-order valence-electron chi connectivity index (χ4n) is 5.04. The third-order valence-electron chi connectivity index (χ3n) is 6.91. The molecule has 0 aromatic carbocycles. The number of thioether (sulfide) groups is 2.